The highest BCUT2D eigenvalue weighted by molar-refractivity contribution is 5.75. The van der Waals surface area contributed by atoms with E-state index in [0.29, 0.717) is 12.3 Å². The summed E-state index contributed by atoms with van der Waals surface area (Å²) in [6.45, 7) is 13.4. The van der Waals surface area contributed by atoms with Gasteiger partial charge in [-0.05, 0) is 38.0 Å². The average molecular weight is 242 g/mol. The summed E-state index contributed by atoms with van der Waals surface area (Å²) in [6, 6.07) is 0. The fraction of sp³-hybridized carbons (Fsp3) is 0.929. The molecule has 0 aliphatic carbocycles. The molecule has 0 aromatic carbocycles. The summed E-state index contributed by atoms with van der Waals surface area (Å²) in [4.78, 5) is 11.7. The Kier molecular flexibility index (Phi) is 6.17. The zero-order chi connectivity index (χ0) is 13.7. The predicted octanol–water partition coefficient (Wildman–Crippen LogP) is 2.69. The molecule has 0 atom stereocenters. The van der Waals surface area contributed by atoms with Gasteiger partial charge in [-0.25, -0.2) is 0 Å². The summed E-state index contributed by atoms with van der Waals surface area (Å²) in [7, 11) is 0. The second-order valence-electron chi connectivity index (χ2n) is 7.03. The molecule has 0 rings (SSSR count). The number of nitrogens with two attached hydrogens (primary N) is 1. The van der Waals surface area contributed by atoms with Gasteiger partial charge in [-0.15, -0.1) is 0 Å². The minimum atomic E-state index is -0.259. The van der Waals surface area contributed by atoms with Crippen LogP contribution in [-0.2, 0) is 4.79 Å². The van der Waals surface area contributed by atoms with E-state index in [0.717, 1.165) is 19.4 Å². The fourth-order valence-electron chi connectivity index (χ4n) is 2.04. The molecule has 0 aromatic rings. The summed E-state index contributed by atoms with van der Waals surface area (Å²) in [5, 5.41) is 3.01. The van der Waals surface area contributed by atoms with Gasteiger partial charge in [-0.2, -0.15) is 0 Å². The van der Waals surface area contributed by atoms with Crippen LogP contribution in [0.3, 0.4) is 0 Å². The van der Waals surface area contributed by atoms with Crippen molar-refractivity contribution in [3.05, 3.63) is 0 Å². The van der Waals surface area contributed by atoms with Crippen LogP contribution >= 0.6 is 0 Å². The van der Waals surface area contributed by atoms with Gasteiger partial charge in [-0.3, -0.25) is 4.79 Å². The van der Waals surface area contributed by atoms with Crippen molar-refractivity contribution < 1.29 is 4.79 Å². The van der Waals surface area contributed by atoms with Crippen LogP contribution < -0.4 is 11.1 Å². The molecule has 0 saturated carbocycles. The molecule has 17 heavy (non-hydrogen) atoms. The smallest absolute Gasteiger partial charge is 0.220 e. The number of amides is 1. The first kappa shape index (κ1) is 16.4. The number of nitrogens with one attached hydrogen (secondary N) is 1. The first-order valence-corrected chi connectivity index (χ1v) is 6.57. The molecule has 0 bridgehead atoms. The Morgan fingerprint density at radius 1 is 1.24 bits per heavy atom. The molecule has 3 heteroatoms. The summed E-state index contributed by atoms with van der Waals surface area (Å²) in [5.41, 5.74) is 5.76. The van der Waals surface area contributed by atoms with Crippen molar-refractivity contribution in [2.75, 3.05) is 6.54 Å². The van der Waals surface area contributed by atoms with Crippen molar-refractivity contribution in [2.45, 2.75) is 66.3 Å². The van der Waals surface area contributed by atoms with Crippen molar-refractivity contribution in [1.29, 1.82) is 0 Å². The largest absolute Gasteiger partial charge is 0.356 e. The lowest BCUT2D eigenvalue weighted by molar-refractivity contribution is -0.121. The third-order valence-electron chi connectivity index (χ3n) is 2.72. The van der Waals surface area contributed by atoms with Crippen molar-refractivity contribution in [3.63, 3.8) is 0 Å². The highest BCUT2D eigenvalue weighted by Gasteiger charge is 2.20. The van der Waals surface area contributed by atoms with Gasteiger partial charge in [0.25, 0.3) is 0 Å². The van der Waals surface area contributed by atoms with Crippen molar-refractivity contribution in [1.82, 2.24) is 5.32 Å². The maximum Gasteiger partial charge on any atom is 0.220 e. The van der Waals surface area contributed by atoms with E-state index in [-0.39, 0.29) is 16.9 Å². The van der Waals surface area contributed by atoms with Crippen LogP contribution in [0, 0.1) is 11.3 Å². The Hall–Kier alpha value is -0.570. The first-order valence-electron chi connectivity index (χ1n) is 6.57. The Morgan fingerprint density at radius 2 is 1.76 bits per heavy atom. The molecule has 0 aliphatic heterocycles. The topological polar surface area (TPSA) is 55.1 Å². The molecule has 102 valence electrons. The second-order valence-corrected chi connectivity index (χ2v) is 7.03. The summed E-state index contributed by atoms with van der Waals surface area (Å²) in [5.74, 6) is 0.769. The van der Waals surface area contributed by atoms with Crippen molar-refractivity contribution in [2.24, 2.45) is 17.1 Å². The Labute approximate surface area is 107 Å². The van der Waals surface area contributed by atoms with E-state index in [1.54, 1.807) is 0 Å². The van der Waals surface area contributed by atoms with E-state index < -0.39 is 0 Å². The van der Waals surface area contributed by atoms with Crippen LogP contribution in [0.1, 0.15) is 60.8 Å². The van der Waals surface area contributed by atoms with Crippen LogP contribution in [0.25, 0.3) is 0 Å². The van der Waals surface area contributed by atoms with Crippen molar-refractivity contribution >= 4 is 5.91 Å². The normalized spacial score (nSPS) is 12.9. The minimum absolute atomic E-state index is 0.111. The lowest BCUT2D eigenvalue weighted by Gasteiger charge is -2.27. The van der Waals surface area contributed by atoms with Gasteiger partial charge in [0.1, 0.15) is 0 Å². The lowest BCUT2D eigenvalue weighted by atomic mass is 9.84. The standard InChI is InChI=1S/C14H30N2O/c1-11(2)9-13(3,4)10-16-12(17)7-8-14(5,6)15/h11H,7-10,15H2,1-6H3,(H,16,17). The molecule has 3 N–H and O–H groups in total. The monoisotopic (exact) mass is 242 g/mol. The van der Waals surface area contributed by atoms with Crippen LogP contribution in [-0.4, -0.2) is 18.0 Å². The molecule has 3 nitrogen and oxygen atoms in total. The highest BCUT2D eigenvalue weighted by Crippen LogP contribution is 2.24. The maximum absolute atomic E-state index is 11.7. The van der Waals surface area contributed by atoms with Crippen molar-refractivity contribution in [3.8, 4) is 0 Å². The Balaban J connectivity index is 3.91. The maximum atomic E-state index is 11.7. The van der Waals surface area contributed by atoms with Gasteiger partial charge in [0.15, 0.2) is 0 Å². The SMILES string of the molecule is CC(C)CC(C)(C)CNC(=O)CCC(C)(C)N. The van der Waals surface area contributed by atoms with Gasteiger partial charge in [0.05, 0.1) is 0 Å². The number of hydrogen-bond acceptors (Lipinski definition) is 2. The molecule has 0 fully saturated rings. The molecule has 0 spiro atoms. The molecule has 0 aromatic heterocycles. The molecule has 1 amide bonds. The molecular formula is C14H30N2O. The van der Waals surface area contributed by atoms with Gasteiger partial charge in [-0.1, -0.05) is 27.7 Å². The second kappa shape index (κ2) is 6.39. The Bertz CT molecular complexity index is 239. The number of rotatable bonds is 7. The van der Waals surface area contributed by atoms with Gasteiger partial charge in [0, 0.05) is 18.5 Å². The summed E-state index contributed by atoms with van der Waals surface area (Å²) in [6.07, 6.45) is 2.36. The molecule has 0 saturated heterocycles. The third kappa shape index (κ3) is 10.3. The van der Waals surface area contributed by atoms with Crippen LogP contribution in [0.2, 0.25) is 0 Å². The van der Waals surface area contributed by atoms with E-state index in [1.807, 2.05) is 13.8 Å². The van der Waals surface area contributed by atoms with E-state index in [1.165, 1.54) is 0 Å². The van der Waals surface area contributed by atoms with Gasteiger partial charge < -0.3 is 11.1 Å². The molecule has 0 radical (unpaired) electrons. The fourth-order valence-corrected chi connectivity index (χ4v) is 2.04. The predicted molar refractivity (Wildman–Crippen MR) is 73.7 cm³/mol. The zero-order valence-electron chi connectivity index (χ0n) is 12.4. The number of carbonyl (C=O) groups is 1. The molecular weight excluding hydrogens is 212 g/mol. The number of carbonyl (C=O) groups excluding carboxylic acids is 1. The van der Waals surface area contributed by atoms with Crippen LogP contribution in [0.5, 0.6) is 0 Å². The van der Waals surface area contributed by atoms with Crippen LogP contribution in [0.15, 0.2) is 0 Å². The van der Waals surface area contributed by atoms with Gasteiger partial charge in [0.2, 0.25) is 5.91 Å². The zero-order valence-corrected chi connectivity index (χ0v) is 12.4. The minimum Gasteiger partial charge on any atom is -0.356 e. The van der Waals surface area contributed by atoms with Gasteiger partial charge >= 0.3 is 0 Å². The highest BCUT2D eigenvalue weighted by atomic mass is 16.1. The first-order chi connectivity index (χ1) is 7.52. The summed E-state index contributed by atoms with van der Waals surface area (Å²) >= 11 is 0. The molecule has 0 unspecified atom stereocenters. The van der Waals surface area contributed by atoms with E-state index >= 15 is 0 Å². The van der Waals surface area contributed by atoms with Crippen LogP contribution in [0.4, 0.5) is 0 Å². The number of hydrogen-bond donors (Lipinski definition) is 2. The van der Waals surface area contributed by atoms with E-state index in [2.05, 4.69) is 33.0 Å². The lowest BCUT2D eigenvalue weighted by Crippen LogP contribution is -2.37. The third-order valence-corrected chi connectivity index (χ3v) is 2.72. The summed E-state index contributed by atoms with van der Waals surface area (Å²) < 4.78 is 0. The molecule has 0 heterocycles. The van der Waals surface area contributed by atoms with E-state index in [4.69, 9.17) is 5.73 Å². The van der Waals surface area contributed by atoms with E-state index in [9.17, 15) is 4.79 Å². The molecule has 0 aliphatic rings. The average Bonchev–Trinajstić information content (AvgIpc) is 2.08. The Morgan fingerprint density at radius 3 is 2.18 bits per heavy atom. The quantitative estimate of drug-likeness (QED) is 0.721.